The van der Waals surface area contributed by atoms with Crippen LogP contribution in [-0.2, 0) is 4.79 Å². The van der Waals surface area contributed by atoms with E-state index in [1.807, 2.05) is 0 Å². The Labute approximate surface area is 134 Å². The predicted octanol–water partition coefficient (Wildman–Crippen LogP) is 3.46. The number of esters is 1. The predicted molar refractivity (Wildman–Crippen MR) is 86.8 cm³/mol. The van der Waals surface area contributed by atoms with Crippen molar-refractivity contribution in [3.05, 3.63) is 59.7 Å². The maximum absolute atomic E-state index is 12.2. The summed E-state index contributed by atoms with van der Waals surface area (Å²) in [6.07, 6.45) is 0.354. The number of amides is 1. The quantitative estimate of drug-likeness (QED) is 0.521. The summed E-state index contributed by atoms with van der Waals surface area (Å²) in [6.45, 7) is 3.19. The minimum atomic E-state index is -0.557. The van der Waals surface area contributed by atoms with Gasteiger partial charge in [-0.15, -0.1) is 0 Å². The fourth-order valence-corrected chi connectivity index (χ4v) is 1.92. The van der Waals surface area contributed by atoms with Gasteiger partial charge in [-0.2, -0.15) is 0 Å². The molecule has 5 heteroatoms. The standard InChI is InChI=1S/C18H17NO4/c1-3-17(21)19-15-8-4-7-14(10-15)18(22)23-16-9-5-6-13(11-16)12(2)20/h4-11H,3H2,1-2H3,(H,19,21). The highest BCUT2D eigenvalue weighted by Gasteiger charge is 2.11. The van der Waals surface area contributed by atoms with Crippen LogP contribution in [0.2, 0.25) is 0 Å². The Morgan fingerprint density at radius 3 is 2.39 bits per heavy atom. The molecule has 118 valence electrons. The summed E-state index contributed by atoms with van der Waals surface area (Å²) < 4.78 is 5.27. The van der Waals surface area contributed by atoms with Crippen molar-refractivity contribution < 1.29 is 19.1 Å². The van der Waals surface area contributed by atoms with Crippen molar-refractivity contribution in [1.82, 2.24) is 0 Å². The molecule has 0 atom stereocenters. The number of carbonyl (C=O) groups is 3. The average molecular weight is 311 g/mol. The number of hydrogen-bond acceptors (Lipinski definition) is 4. The second-order valence-electron chi connectivity index (χ2n) is 4.96. The van der Waals surface area contributed by atoms with Gasteiger partial charge in [-0.05, 0) is 37.3 Å². The van der Waals surface area contributed by atoms with E-state index in [2.05, 4.69) is 5.32 Å². The number of anilines is 1. The van der Waals surface area contributed by atoms with E-state index in [1.165, 1.54) is 13.0 Å². The van der Waals surface area contributed by atoms with Crippen LogP contribution in [0.4, 0.5) is 5.69 Å². The summed E-state index contributed by atoms with van der Waals surface area (Å²) in [5.41, 5.74) is 1.31. The largest absolute Gasteiger partial charge is 0.423 e. The summed E-state index contributed by atoms with van der Waals surface area (Å²) in [4.78, 5) is 34.9. The summed E-state index contributed by atoms with van der Waals surface area (Å²) in [6, 6.07) is 12.9. The molecular formula is C18H17NO4. The Morgan fingerprint density at radius 2 is 1.70 bits per heavy atom. The normalized spacial score (nSPS) is 10.0. The lowest BCUT2D eigenvalue weighted by Crippen LogP contribution is -2.12. The topological polar surface area (TPSA) is 72.5 Å². The molecule has 2 aromatic carbocycles. The molecule has 0 aromatic heterocycles. The van der Waals surface area contributed by atoms with Gasteiger partial charge in [0.05, 0.1) is 5.56 Å². The van der Waals surface area contributed by atoms with Gasteiger partial charge in [0.15, 0.2) is 5.78 Å². The molecular weight excluding hydrogens is 294 g/mol. The second kappa shape index (κ2) is 7.35. The number of hydrogen-bond donors (Lipinski definition) is 1. The summed E-state index contributed by atoms with van der Waals surface area (Å²) >= 11 is 0. The first kappa shape index (κ1) is 16.4. The highest BCUT2D eigenvalue weighted by Crippen LogP contribution is 2.17. The number of ether oxygens (including phenoxy) is 1. The van der Waals surface area contributed by atoms with Crippen LogP contribution < -0.4 is 10.1 Å². The number of carbonyl (C=O) groups excluding carboxylic acids is 3. The molecule has 0 bridgehead atoms. The van der Waals surface area contributed by atoms with Crippen LogP contribution in [0.5, 0.6) is 5.75 Å². The molecule has 2 rings (SSSR count). The van der Waals surface area contributed by atoms with Crippen molar-refractivity contribution in [1.29, 1.82) is 0 Å². The minimum absolute atomic E-state index is 0.104. The van der Waals surface area contributed by atoms with Gasteiger partial charge in [0.1, 0.15) is 5.75 Å². The Hall–Kier alpha value is -2.95. The Bertz CT molecular complexity index is 752. The zero-order valence-corrected chi connectivity index (χ0v) is 13.0. The van der Waals surface area contributed by atoms with Gasteiger partial charge in [0.25, 0.3) is 0 Å². The number of ketones is 1. The molecule has 0 saturated heterocycles. The number of Topliss-reactive ketones (excluding diaryl/α,β-unsaturated/α-hetero) is 1. The van der Waals surface area contributed by atoms with Gasteiger partial charge in [0, 0.05) is 17.7 Å². The van der Waals surface area contributed by atoms with E-state index >= 15 is 0 Å². The molecule has 0 aliphatic rings. The van der Waals surface area contributed by atoms with Crippen LogP contribution in [0.25, 0.3) is 0 Å². The monoisotopic (exact) mass is 311 g/mol. The molecule has 2 aromatic rings. The lowest BCUT2D eigenvalue weighted by atomic mass is 10.1. The number of benzene rings is 2. The molecule has 23 heavy (non-hydrogen) atoms. The smallest absolute Gasteiger partial charge is 0.343 e. The molecule has 0 heterocycles. The van der Waals surface area contributed by atoms with E-state index in [-0.39, 0.29) is 11.7 Å². The zero-order chi connectivity index (χ0) is 16.8. The molecule has 0 aliphatic carbocycles. The van der Waals surface area contributed by atoms with E-state index < -0.39 is 5.97 Å². The zero-order valence-electron chi connectivity index (χ0n) is 13.0. The lowest BCUT2D eigenvalue weighted by Gasteiger charge is -2.08. The molecule has 0 saturated carbocycles. The number of nitrogens with one attached hydrogen (secondary N) is 1. The van der Waals surface area contributed by atoms with Gasteiger partial charge in [-0.25, -0.2) is 4.79 Å². The third-order valence-corrected chi connectivity index (χ3v) is 3.15. The van der Waals surface area contributed by atoms with Gasteiger partial charge < -0.3 is 10.1 Å². The maximum atomic E-state index is 12.2. The van der Waals surface area contributed by atoms with Gasteiger partial charge in [-0.1, -0.05) is 25.1 Å². The van der Waals surface area contributed by atoms with Crippen molar-refractivity contribution >= 4 is 23.3 Å². The first-order valence-corrected chi connectivity index (χ1v) is 7.22. The molecule has 5 nitrogen and oxygen atoms in total. The fourth-order valence-electron chi connectivity index (χ4n) is 1.92. The third-order valence-electron chi connectivity index (χ3n) is 3.15. The van der Waals surface area contributed by atoms with Gasteiger partial charge >= 0.3 is 5.97 Å². The van der Waals surface area contributed by atoms with E-state index in [0.29, 0.717) is 29.0 Å². The van der Waals surface area contributed by atoms with Crippen LogP contribution in [-0.4, -0.2) is 17.7 Å². The molecule has 1 N–H and O–H groups in total. The van der Waals surface area contributed by atoms with Crippen LogP contribution in [0.1, 0.15) is 41.0 Å². The van der Waals surface area contributed by atoms with Crippen LogP contribution in [0.3, 0.4) is 0 Å². The van der Waals surface area contributed by atoms with Crippen molar-refractivity contribution in [3.8, 4) is 5.75 Å². The summed E-state index contributed by atoms with van der Waals surface area (Å²) in [5.74, 6) is -0.499. The Balaban J connectivity index is 2.14. The average Bonchev–Trinajstić information content (AvgIpc) is 2.55. The highest BCUT2D eigenvalue weighted by atomic mass is 16.5. The van der Waals surface area contributed by atoms with E-state index in [1.54, 1.807) is 49.4 Å². The molecule has 0 aliphatic heterocycles. The molecule has 0 radical (unpaired) electrons. The van der Waals surface area contributed by atoms with Crippen molar-refractivity contribution in [3.63, 3.8) is 0 Å². The van der Waals surface area contributed by atoms with Crippen molar-refractivity contribution in [2.45, 2.75) is 20.3 Å². The number of rotatable bonds is 5. The van der Waals surface area contributed by atoms with Crippen LogP contribution in [0.15, 0.2) is 48.5 Å². The van der Waals surface area contributed by atoms with Crippen LogP contribution >= 0.6 is 0 Å². The Kier molecular flexibility index (Phi) is 5.25. The molecule has 1 amide bonds. The van der Waals surface area contributed by atoms with E-state index in [4.69, 9.17) is 4.74 Å². The van der Waals surface area contributed by atoms with E-state index in [9.17, 15) is 14.4 Å². The molecule has 0 spiro atoms. The first-order chi connectivity index (χ1) is 11.0. The van der Waals surface area contributed by atoms with E-state index in [0.717, 1.165) is 0 Å². The molecule has 0 unspecified atom stereocenters. The SMILES string of the molecule is CCC(=O)Nc1cccc(C(=O)Oc2cccc(C(C)=O)c2)c1. The van der Waals surface area contributed by atoms with Crippen LogP contribution in [0, 0.1) is 0 Å². The Morgan fingerprint density at radius 1 is 1.00 bits per heavy atom. The lowest BCUT2D eigenvalue weighted by molar-refractivity contribution is -0.115. The summed E-state index contributed by atoms with van der Waals surface area (Å²) in [7, 11) is 0. The second-order valence-corrected chi connectivity index (χ2v) is 4.96. The van der Waals surface area contributed by atoms with Crippen molar-refractivity contribution in [2.75, 3.05) is 5.32 Å². The third kappa shape index (κ3) is 4.51. The minimum Gasteiger partial charge on any atom is -0.423 e. The maximum Gasteiger partial charge on any atom is 0.343 e. The van der Waals surface area contributed by atoms with Gasteiger partial charge in [0.2, 0.25) is 5.91 Å². The first-order valence-electron chi connectivity index (χ1n) is 7.22. The highest BCUT2D eigenvalue weighted by molar-refractivity contribution is 5.96. The molecule has 0 fully saturated rings. The van der Waals surface area contributed by atoms with Crippen molar-refractivity contribution in [2.24, 2.45) is 0 Å². The van der Waals surface area contributed by atoms with Gasteiger partial charge in [-0.3, -0.25) is 9.59 Å². The fraction of sp³-hybridized carbons (Fsp3) is 0.167. The summed E-state index contributed by atoms with van der Waals surface area (Å²) in [5, 5.41) is 2.68.